The predicted molar refractivity (Wildman–Crippen MR) is 104 cm³/mol. The quantitative estimate of drug-likeness (QED) is 0.677. The molecule has 1 aliphatic heterocycles. The van der Waals surface area contributed by atoms with Gasteiger partial charge in [0.15, 0.2) is 5.11 Å². The summed E-state index contributed by atoms with van der Waals surface area (Å²) in [7, 11) is 0. The fourth-order valence-electron chi connectivity index (χ4n) is 3.11. The number of carbonyl (C=O) groups is 1. The standard InChI is InChI=1S/C20H18F3N3OS/c1-12-16(18(27)24-11-13-7-3-2-4-8-13)17(26-19(28)25-12)14-9-5-6-10-15(14)20(21,22)23/h2-10,17H,11H2,1H3,(H,24,27)(H2,25,26,28). The molecule has 1 amide bonds. The Kier molecular flexibility index (Phi) is 5.69. The average molecular weight is 405 g/mol. The molecule has 1 atom stereocenters. The van der Waals surface area contributed by atoms with Crippen LogP contribution in [-0.4, -0.2) is 11.0 Å². The molecule has 8 heteroatoms. The predicted octanol–water partition coefficient (Wildman–Crippen LogP) is 3.81. The van der Waals surface area contributed by atoms with Crippen LogP contribution in [0.25, 0.3) is 0 Å². The number of thiocarbonyl (C=S) groups is 1. The second-order valence-electron chi connectivity index (χ2n) is 6.32. The Morgan fingerprint density at radius 3 is 2.43 bits per heavy atom. The number of benzene rings is 2. The highest BCUT2D eigenvalue weighted by molar-refractivity contribution is 7.80. The van der Waals surface area contributed by atoms with Crippen molar-refractivity contribution in [3.8, 4) is 0 Å². The number of carbonyl (C=O) groups excluding carboxylic acids is 1. The van der Waals surface area contributed by atoms with Crippen LogP contribution in [0.15, 0.2) is 65.9 Å². The minimum atomic E-state index is -4.55. The van der Waals surface area contributed by atoms with Crippen LogP contribution in [0, 0.1) is 0 Å². The van der Waals surface area contributed by atoms with Gasteiger partial charge in [-0.25, -0.2) is 0 Å². The van der Waals surface area contributed by atoms with Crippen LogP contribution >= 0.6 is 12.2 Å². The number of halogens is 3. The van der Waals surface area contributed by atoms with Gasteiger partial charge in [0.2, 0.25) is 0 Å². The summed E-state index contributed by atoms with van der Waals surface area (Å²) < 4.78 is 40.5. The van der Waals surface area contributed by atoms with Gasteiger partial charge in [0, 0.05) is 12.2 Å². The van der Waals surface area contributed by atoms with E-state index in [0.29, 0.717) is 5.70 Å². The first-order chi connectivity index (χ1) is 13.3. The number of alkyl halides is 3. The molecular formula is C20H18F3N3OS. The summed E-state index contributed by atoms with van der Waals surface area (Å²) in [5.74, 6) is -0.467. The summed E-state index contributed by atoms with van der Waals surface area (Å²) in [4.78, 5) is 12.9. The number of hydrogen-bond acceptors (Lipinski definition) is 2. The fraction of sp³-hybridized carbons (Fsp3) is 0.200. The molecular weight excluding hydrogens is 387 g/mol. The van der Waals surface area contributed by atoms with Crippen molar-refractivity contribution in [1.82, 2.24) is 16.0 Å². The first-order valence-electron chi connectivity index (χ1n) is 8.54. The van der Waals surface area contributed by atoms with E-state index >= 15 is 0 Å². The van der Waals surface area contributed by atoms with E-state index in [1.807, 2.05) is 30.3 Å². The highest BCUT2D eigenvalue weighted by Crippen LogP contribution is 2.37. The van der Waals surface area contributed by atoms with Crippen LogP contribution < -0.4 is 16.0 Å². The number of allylic oxidation sites excluding steroid dienone is 1. The zero-order chi connectivity index (χ0) is 20.3. The largest absolute Gasteiger partial charge is 0.416 e. The third-order valence-electron chi connectivity index (χ3n) is 4.39. The van der Waals surface area contributed by atoms with Gasteiger partial charge in [-0.15, -0.1) is 0 Å². The zero-order valence-corrected chi connectivity index (χ0v) is 15.7. The first-order valence-corrected chi connectivity index (χ1v) is 8.94. The number of rotatable bonds is 4. The molecule has 3 rings (SSSR count). The van der Waals surface area contributed by atoms with E-state index in [9.17, 15) is 18.0 Å². The van der Waals surface area contributed by atoms with Gasteiger partial charge in [-0.1, -0.05) is 48.5 Å². The summed E-state index contributed by atoms with van der Waals surface area (Å²) in [6.07, 6.45) is -4.55. The van der Waals surface area contributed by atoms with Gasteiger partial charge >= 0.3 is 6.18 Å². The van der Waals surface area contributed by atoms with Gasteiger partial charge in [-0.2, -0.15) is 13.2 Å². The maximum atomic E-state index is 13.5. The van der Waals surface area contributed by atoms with Crippen molar-refractivity contribution in [3.63, 3.8) is 0 Å². The van der Waals surface area contributed by atoms with Crippen molar-refractivity contribution >= 4 is 23.2 Å². The molecule has 2 aromatic carbocycles. The Morgan fingerprint density at radius 1 is 1.11 bits per heavy atom. The zero-order valence-electron chi connectivity index (χ0n) is 14.9. The van der Waals surface area contributed by atoms with Crippen LogP contribution in [0.1, 0.15) is 29.7 Å². The molecule has 4 nitrogen and oxygen atoms in total. The van der Waals surface area contributed by atoms with Crippen LogP contribution in [0.2, 0.25) is 0 Å². The molecule has 1 heterocycles. The third kappa shape index (κ3) is 4.33. The molecule has 1 unspecified atom stereocenters. The lowest BCUT2D eigenvalue weighted by molar-refractivity contribution is -0.138. The van der Waals surface area contributed by atoms with E-state index in [2.05, 4.69) is 16.0 Å². The summed E-state index contributed by atoms with van der Waals surface area (Å²) >= 11 is 5.11. The van der Waals surface area contributed by atoms with Crippen molar-refractivity contribution in [2.75, 3.05) is 0 Å². The van der Waals surface area contributed by atoms with Crippen molar-refractivity contribution in [1.29, 1.82) is 0 Å². The molecule has 0 spiro atoms. The van der Waals surface area contributed by atoms with Gasteiger partial charge in [-0.3, -0.25) is 4.79 Å². The van der Waals surface area contributed by atoms with E-state index in [4.69, 9.17) is 12.2 Å². The van der Waals surface area contributed by atoms with E-state index in [1.54, 1.807) is 6.92 Å². The van der Waals surface area contributed by atoms with Gasteiger partial charge in [-0.05, 0) is 36.3 Å². The summed E-state index contributed by atoms with van der Waals surface area (Å²) in [5.41, 5.74) is 0.604. The van der Waals surface area contributed by atoms with Gasteiger partial charge in [0.25, 0.3) is 5.91 Å². The normalized spacial score (nSPS) is 17.0. The molecule has 0 aliphatic carbocycles. The molecule has 2 aromatic rings. The Hall–Kier alpha value is -2.87. The Bertz CT molecular complexity index is 926. The second-order valence-corrected chi connectivity index (χ2v) is 6.73. The minimum absolute atomic E-state index is 0.0527. The maximum Gasteiger partial charge on any atom is 0.416 e. The molecule has 28 heavy (non-hydrogen) atoms. The average Bonchev–Trinajstić information content (AvgIpc) is 2.65. The van der Waals surface area contributed by atoms with Crippen LogP contribution in [0.5, 0.6) is 0 Å². The molecule has 0 saturated heterocycles. The molecule has 0 bridgehead atoms. The molecule has 3 N–H and O–H groups in total. The number of nitrogens with one attached hydrogen (secondary N) is 3. The third-order valence-corrected chi connectivity index (χ3v) is 4.61. The Balaban J connectivity index is 1.95. The van der Waals surface area contributed by atoms with Gasteiger partial charge < -0.3 is 16.0 Å². The summed E-state index contributed by atoms with van der Waals surface area (Å²) in [5, 5.41) is 8.57. The molecule has 0 saturated carbocycles. The van der Waals surface area contributed by atoms with Crippen LogP contribution in [-0.2, 0) is 17.5 Å². The van der Waals surface area contributed by atoms with Crippen molar-refractivity contribution in [2.24, 2.45) is 0 Å². The Morgan fingerprint density at radius 2 is 1.75 bits per heavy atom. The van der Waals surface area contributed by atoms with E-state index in [1.165, 1.54) is 18.2 Å². The molecule has 146 valence electrons. The van der Waals surface area contributed by atoms with Crippen LogP contribution in [0.3, 0.4) is 0 Å². The molecule has 0 radical (unpaired) electrons. The monoisotopic (exact) mass is 405 g/mol. The van der Waals surface area contributed by atoms with Crippen molar-refractivity contribution in [3.05, 3.63) is 82.6 Å². The summed E-state index contributed by atoms with van der Waals surface area (Å²) in [6.45, 7) is 1.88. The lowest BCUT2D eigenvalue weighted by atomic mass is 9.91. The topological polar surface area (TPSA) is 53.2 Å². The Labute approximate surface area is 165 Å². The van der Waals surface area contributed by atoms with Gasteiger partial charge in [0.1, 0.15) is 0 Å². The highest BCUT2D eigenvalue weighted by atomic mass is 32.1. The maximum absolute atomic E-state index is 13.5. The second kappa shape index (κ2) is 8.02. The summed E-state index contributed by atoms with van der Waals surface area (Å²) in [6, 6.07) is 13.4. The van der Waals surface area contributed by atoms with E-state index in [0.717, 1.165) is 11.6 Å². The number of hydrogen-bond donors (Lipinski definition) is 3. The van der Waals surface area contributed by atoms with Crippen LogP contribution in [0.4, 0.5) is 13.2 Å². The molecule has 0 fully saturated rings. The van der Waals surface area contributed by atoms with E-state index < -0.39 is 23.7 Å². The highest BCUT2D eigenvalue weighted by Gasteiger charge is 2.38. The fourth-order valence-corrected chi connectivity index (χ4v) is 3.38. The first kappa shape index (κ1) is 19.9. The smallest absolute Gasteiger partial charge is 0.351 e. The van der Waals surface area contributed by atoms with E-state index in [-0.39, 0.29) is 22.8 Å². The van der Waals surface area contributed by atoms with Crippen molar-refractivity contribution in [2.45, 2.75) is 25.7 Å². The number of amides is 1. The lowest BCUT2D eigenvalue weighted by Crippen LogP contribution is -2.47. The molecule has 0 aromatic heterocycles. The van der Waals surface area contributed by atoms with Crippen molar-refractivity contribution < 1.29 is 18.0 Å². The molecule has 1 aliphatic rings. The SMILES string of the molecule is CC1=C(C(=O)NCc2ccccc2)C(c2ccccc2C(F)(F)F)NC(=S)N1. The lowest BCUT2D eigenvalue weighted by Gasteiger charge is -2.31. The van der Waals surface area contributed by atoms with Gasteiger partial charge in [0.05, 0.1) is 17.2 Å². The minimum Gasteiger partial charge on any atom is -0.351 e.